The molecule has 196 valence electrons. The maximum Gasteiger partial charge on any atom is 0.211 e. The topological polar surface area (TPSA) is 169 Å². The third-order valence-electron chi connectivity index (χ3n) is 6.71. The van der Waals surface area contributed by atoms with Gasteiger partial charge in [0.1, 0.15) is 24.6 Å². The number of piperidine rings is 1. The molecule has 2 aliphatic rings. The first kappa shape index (κ1) is 25.0. The lowest BCUT2D eigenvalue weighted by Crippen LogP contribution is -2.41. The molecule has 0 bridgehead atoms. The van der Waals surface area contributed by atoms with E-state index in [1.807, 2.05) is 20.8 Å². The quantitative estimate of drug-likeness (QED) is 0.437. The van der Waals surface area contributed by atoms with Crippen LogP contribution in [-0.2, 0) is 20.2 Å². The Hall–Kier alpha value is -2.65. The van der Waals surface area contributed by atoms with Crippen LogP contribution >= 0.6 is 0 Å². The number of hydrogen-bond donors (Lipinski definition) is 3. The molecule has 0 spiro atoms. The zero-order valence-electron chi connectivity index (χ0n) is 20.6. The van der Waals surface area contributed by atoms with Gasteiger partial charge in [-0.15, -0.1) is 0 Å². The van der Waals surface area contributed by atoms with E-state index in [9.17, 15) is 18.6 Å². The molecule has 0 aromatic carbocycles. The van der Waals surface area contributed by atoms with Gasteiger partial charge in [-0.3, -0.25) is 4.57 Å². The van der Waals surface area contributed by atoms with Gasteiger partial charge in [-0.1, -0.05) is 25.9 Å². The lowest BCUT2D eigenvalue weighted by atomic mass is 9.92. The van der Waals surface area contributed by atoms with Crippen LogP contribution in [0.15, 0.2) is 23.2 Å². The molecule has 36 heavy (non-hydrogen) atoms. The summed E-state index contributed by atoms with van der Waals surface area (Å²) in [5.74, 6) is 0.835. The van der Waals surface area contributed by atoms with Gasteiger partial charge < -0.3 is 24.8 Å². The van der Waals surface area contributed by atoms with E-state index in [2.05, 4.69) is 25.4 Å². The van der Waals surface area contributed by atoms with Crippen molar-refractivity contribution in [3.8, 4) is 0 Å². The van der Waals surface area contributed by atoms with E-state index in [1.54, 1.807) is 10.6 Å². The summed E-state index contributed by atoms with van der Waals surface area (Å²) in [6, 6.07) is 1.75. The van der Waals surface area contributed by atoms with E-state index >= 15 is 0 Å². The van der Waals surface area contributed by atoms with Crippen molar-refractivity contribution in [1.29, 1.82) is 0 Å². The highest BCUT2D eigenvalue weighted by Gasteiger charge is 2.47. The molecule has 3 aromatic rings. The minimum atomic E-state index is -3.21. The number of hydrogen-bond acceptors (Lipinski definition) is 11. The Labute approximate surface area is 208 Å². The molecule has 5 rings (SSSR count). The van der Waals surface area contributed by atoms with E-state index in [0.717, 1.165) is 0 Å². The molecule has 0 amide bonds. The number of aromatic nitrogens is 5. The number of nitrogens with zero attached hydrogens (tertiary/aromatic N) is 6. The molecule has 0 aliphatic carbocycles. The van der Waals surface area contributed by atoms with Gasteiger partial charge in [0.15, 0.2) is 29.0 Å². The first-order valence-electron chi connectivity index (χ1n) is 11.8. The summed E-state index contributed by atoms with van der Waals surface area (Å²) in [7, 11) is -3.21. The maximum absolute atomic E-state index is 11.8. The van der Waals surface area contributed by atoms with E-state index < -0.39 is 34.6 Å². The number of imidazole rings is 1. The number of anilines is 1. The van der Waals surface area contributed by atoms with Crippen molar-refractivity contribution in [3.05, 3.63) is 30.2 Å². The zero-order chi connectivity index (χ0) is 25.8. The average molecular weight is 522 g/mol. The smallest absolute Gasteiger partial charge is 0.211 e. The SMILES string of the molecule is CC(C)(C)c1cc([C@H]2O[C@H](n3cnc4c(NC5CCN(S(C)(=O)=O)CC5)ncnc43)[C@H](O)[C@@H]2O)on1. The lowest BCUT2D eigenvalue weighted by molar-refractivity contribution is -0.0434. The highest BCUT2D eigenvalue weighted by atomic mass is 32.2. The van der Waals surface area contributed by atoms with Gasteiger partial charge >= 0.3 is 0 Å². The number of ether oxygens (including phenoxy) is 1. The predicted octanol–water partition coefficient (Wildman–Crippen LogP) is 0.940. The second-order valence-corrected chi connectivity index (χ2v) is 12.4. The van der Waals surface area contributed by atoms with Crippen molar-refractivity contribution in [3.63, 3.8) is 0 Å². The van der Waals surface area contributed by atoms with Gasteiger partial charge in [0, 0.05) is 30.6 Å². The summed E-state index contributed by atoms with van der Waals surface area (Å²) in [6.07, 6.45) is 0.973. The maximum atomic E-state index is 11.8. The van der Waals surface area contributed by atoms with Gasteiger partial charge in [-0.25, -0.2) is 27.7 Å². The summed E-state index contributed by atoms with van der Waals surface area (Å²) in [6.45, 7) is 6.85. The van der Waals surface area contributed by atoms with Crippen LogP contribution in [0.2, 0.25) is 0 Å². The van der Waals surface area contributed by atoms with Crippen LogP contribution in [0.3, 0.4) is 0 Å². The molecule has 14 heteroatoms. The molecule has 2 fully saturated rings. The molecule has 5 heterocycles. The molecule has 3 aromatic heterocycles. The average Bonchev–Trinajstić information content (AvgIpc) is 3.53. The van der Waals surface area contributed by atoms with Gasteiger partial charge in [0.25, 0.3) is 0 Å². The molecule has 2 aliphatic heterocycles. The van der Waals surface area contributed by atoms with Crippen LogP contribution in [0.1, 0.15) is 57.4 Å². The fourth-order valence-corrected chi connectivity index (χ4v) is 5.44. The van der Waals surface area contributed by atoms with Crippen molar-refractivity contribution < 1.29 is 27.9 Å². The number of aliphatic hydroxyl groups is 2. The third-order valence-corrected chi connectivity index (χ3v) is 8.02. The Kier molecular flexibility index (Phi) is 6.27. The van der Waals surface area contributed by atoms with E-state index in [4.69, 9.17) is 9.26 Å². The van der Waals surface area contributed by atoms with Crippen molar-refractivity contribution in [1.82, 2.24) is 29.0 Å². The molecule has 13 nitrogen and oxygen atoms in total. The highest BCUT2D eigenvalue weighted by Crippen LogP contribution is 2.41. The van der Waals surface area contributed by atoms with Crippen molar-refractivity contribution in [2.45, 2.75) is 69.6 Å². The summed E-state index contributed by atoms with van der Waals surface area (Å²) in [4.78, 5) is 13.1. The van der Waals surface area contributed by atoms with Gasteiger partial charge in [-0.2, -0.15) is 0 Å². The number of fused-ring (bicyclic) bond motifs is 1. The van der Waals surface area contributed by atoms with Crippen LogP contribution in [0.25, 0.3) is 11.2 Å². The fraction of sp³-hybridized carbons (Fsp3) is 0.636. The summed E-state index contributed by atoms with van der Waals surface area (Å²) in [5.41, 5.74) is 1.37. The number of sulfonamides is 1. The molecular formula is C22H31N7O6S. The van der Waals surface area contributed by atoms with Crippen LogP contribution in [0.5, 0.6) is 0 Å². The van der Waals surface area contributed by atoms with Crippen LogP contribution in [-0.4, -0.2) is 85.2 Å². The van der Waals surface area contributed by atoms with Crippen molar-refractivity contribution in [2.24, 2.45) is 0 Å². The highest BCUT2D eigenvalue weighted by molar-refractivity contribution is 7.88. The van der Waals surface area contributed by atoms with Crippen LogP contribution in [0.4, 0.5) is 5.82 Å². The Balaban J connectivity index is 1.35. The number of rotatable bonds is 5. The minimum Gasteiger partial charge on any atom is -0.387 e. The standard InChI is InChI=1S/C22H31N7O6S/c1-22(2,3)14-9-13(35-27-14)18-16(30)17(31)21(34-18)29-11-25-15-19(23-10-24-20(15)29)26-12-5-7-28(8-6-12)36(4,32)33/h9-12,16-18,21,30-31H,5-8H2,1-4H3,(H,23,24,26)/t16-,17+,18+,21-/m0/s1. The van der Waals surface area contributed by atoms with Crippen LogP contribution in [0, 0.1) is 0 Å². The summed E-state index contributed by atoms with van der Waals surface area (Å²) in [5, 5.41) is 29.0. The van der Waals surface area contributed by atoms with E-state index in [0.29, 0.717) is 54.4 Å². The molecule has 4 atom stereocenters. The normalized spacial score (nSPS) is 26.6. The monoisotopic (exact) mass is 521 g/mol. The Morgan fingerprint density at radius 2 is 1.83 bits per heavy atom. The minimum absolute atomic E-state index is 0.0224. The molecule has 0 unspecified atom stereocenters. The molecule has 3 N–H and O–H groups in total. The third kappa shape index (κ3) is 4.59. The molecule has 0 radical (unpaired) electrons. The first-order valence-corrected chi connectivity index (χ1v) is 13.7. The Morgan fingerprint density at radius 1 is 1.11 bits per heavy atom. The zero-order valence-corrected chi connectivity index (χ0v) is 21.4. The van der Waals surface area contributed by atoms with Crippen molar-refractivity contribution in [2.75, 3.05) is 24.7 Å². The Bertz CT molecular complexity index is 1340. The second-order valence-electron chi connectivity index (χ2n) is 10.4. The molecule has 0 saturated carbocycles. The lowest BCUT2D eigenvalue weighted by Gasteiger charge is -2.30. The molecule has 2 saturated heterocycles. The van der Waals surface area contributed by atoms with E-state index in [1.165, 1.54) is 23.2 Å². The fourth-order valence-electron chi connectivity index (χ4n) is 4.57. The first-order chi connectivity index (χ1) is 16.9. The van der Waals surface area contributed by atoms with Gasteiger partial charge in [-0.05, 0) is 12.8 Å². The van der Waals surface area contributed by atoms with E-state index in [-0.39, 0.29) is 11.5 Å². The largest absolute Gasteiger partial charge is 0.387 e. The number of nitrogens with one attached hydrogen (secondary N) is 1. The van der Waals surface area contributed by atoms with Gasteiger partial charge in [0.05, 0.1) is 18.3 Å². The summed E-state index contributed by atoms with van der Waals surface area (Å²) < 4.78 is 38.0. The Morgan fingerprint density at radius 3 is 2.47 bits per heavy atom. The predicted molar refractivity (Wildman–Crippen MR) is 128 cm³/mol. The van der Waals surface area contributed by atoms with Crippen molar-refractivity contribution >= 4 is 27.0 Å². The van der Waals surface area contributed by atoms with Gasteiger partial charge in [0.2, 0.25) is 10.0 Å². The second kappa shape index (κ2) is 9.03. The summed E-state index contributed by atoms with van der Waals surface area (Å²) >= 11 is 0. The van der Waals surface area contributed by atoms with Crippen LogP contribution < -0.4 is 5.32 Å². The molecular weight excluding hydrogens is 490 g/mol. The number of aliphatic hydroxyl groups excluding tert-OH is 2.